The third-order valence-electron chi connectivity index (χ3n) is 6.46. The average Bonchev–Trinajstić information content (AvgIpc) is 2.99. The molecule has 5 nitrogen and oxygen atoms in total. The Bertz CT molecular complexity index is 624. The minimum absolute atomic E-state index is 0.0219. The highest BCUT2D eigenvalue weighted by Crippen LogP contribution is 2.31. The van der Waals surface area contributed by atoms with Gasteiger partial charge in [0.1, 0.15) is 11.4 Å². The van der Waals surface area contributed by atoms with E-state index in [0.29, 0.717) is 0 Å². The number of piperidine rings is 1. The lowest BCUT2D eigenvalue weighted by molar-refractivity contribution is -0.139. The molecular weight excluding hydrogens is 364 g/mol. The molecule has 0 bridgehead atoms. The predicted octanol–water partition coefficient (Wildman–Crippen LogP) is 4.87. The summed E-state index contributed by atoms with van der Waals surface area (Å²) in [6, 6.07) is 7.70. The Hall–Kier alpha value is -1.59. The number of rotatable bonds is 8. The number of hydrogen-bond donors (Lipinski definition) is 1. The Morgan fingerprint density at radius 1 is 1.14 bits per heavy atom. The molecule has 1 atom stereocenters. The number of likely N-dealkylation sites (tertiary alicyclic amines) is 1. The van der Waals surface area contributed by atoms with Crippen LogP contribution in [0, 0.1) is 5.92 Å². The molecule has 1 saturated carbocycles. The smallest absolute Gasteiger partial charge is 0.256 e. The number of carbonyl (C=O) groups is 1. The van der Waals surface area contributed by atoms with Crippen LogP contribution in [0.1, 0.15) is 64.7 Å². The van der Waals surface area contributed by atoms with Crippen LogP contribution in [0.4, 0.5) is 5.69 Å². The number of ether oxygens (including phenoxy) is 2. The lowest BCUT2D eigenvalue weighted by Gasteiger charge is -2.30. The van der Waals surface area contributed by atoms with Crippen molar-refractivity contribution in [2.45, 2.75) is 70.3 Å². The molecule has 1 heterocycles. The summed E-state index contributed by atoms with van der Waals surface area (Å²) >= 11 is 0. The number of carbonyl (C=O) groups excluding carboxylic acids is 1. The first kappa shape index (κ1) is 22.1. The molecule has 1 N–H and O–H groups in total. The molecule has 3 rings (SSSR count). The fourth-order valence-corrected chi connectivity index (χ4v) is 4.67. The molecule has 0 aromatic heterocycles. The van der Waals surface area contributed by atoms with Crippen molar-refractivity contribution in [3.05, 3.63) is 24.3 Å². The second-order valence-electron chi connectivity index (χ2n) is 8.84. The van der Waals surface area contributed by atoms with Gasteiger partial charge in [-0.15, -0.1) is 0 Å². The second-order valence-corrected chi connectivity index (χ2v) is 8.84. The lowest BCUT2D eigenvalue weighted by Crippen LogP contribution is -2.44. The van der Waals surface area contributed by atoms with Crippen LogP contribution in [-0.4, -0.2) is 49.8 Å². The fraction of sp³-hybridized carbons (Fsp3) is 0.708. The zero-order chi connectivity index (χ0) is 20.5. The summed E-state index contributed by atoms with van der Waals surface area (Å²) in [5.41, 5.74) is 0.114. The monoisotopic (exact) mass is 402 g/mol. The van der Waals surface area contributed by atoms with E-state index < -0.39 is 5.60 Å². The van der Waals surface area contributed by atoms with Gasteiger partial charge in [-0.3, -0.25) is 4.79 Å². The molecule has 0 unspecified atom stereocenters. The van der Waals surface area contributed by atoms with E-state index in [2.05, 4.69) is 17.1 Å². The van der Waals surface area contributed by atoms with Crippen LogP contribution in [0.2, 0.25) is 0 Å². The van der Waals surface area contributed by atoms with Gasteiger partial charge in [-0.05, 0) is 68.8 Å². The Morgan fingerprint density at radius 3 is 2.52 bits per heavy atom. The van der Waals surface area contributed by atoms with E-state index >= 15 is 0 Å². The molecule has 1 aromatic rings. The highest BCUT2D eigenvalue weighted by Gasteiger charge is 2.38. The highest BCUT2D eigenvalue weighted by molar-refractivity contribution is 5.97. The van der Waals surface area contributed by atoms with Crippen molar-refractivity contribution in [3.8, 4) is 5.75 Å². The summed E-state index contributed by atoms with van der Waals surface area (Å²) in [6.07, 6.45) is 9.78. The minimum atomic E-state index is -0.683. The number of amides is 1. The molecule has 1 aliphatic heterocycles. The second kappa shape index (κ2) is 11.0. The van der Waals surface area contributed by atoms with Crippen molar-refractivity contribution in [1.82, 2.24) is 4.90 Å². The van der Waals surface area contributed by atoms with E-state index in [1.807, 2.05) is 24.3 Å². The van der Waals surface area contributed by atoms with Crippen molar-refractivity contribution in [2.24, 2.45) is 5.92 Å². The number of benzene rings is 1. The largest absolute Gasteiger partial charge is 0.494 e. The van der Waals surface area contributed by atoms with Gasteiger partial charge >= 0.3 is 0 Å². The van der Waals surface area contributed by atoms with E-state index in [1.165, 1.54) is 38.8 Å². The third kappa shape index (κ3) is 6.45. The molecule has 0 radical (unpaired) electrons. The van der Waals surface area contributed by atoms with E-state index in [0.717, 1.165) is 62.6 Å². The van der Waals surface area contributed by atoms with Crippen LogP contribution < -0.4 is 10.1 Å². The SMILES string of the molecule is COC1(C(=O)Nc2ccc(OCCCN3CCC[C@@H](C)C3)cc2)CCCCCC1. The first-order chi connectivity index (χ1) is 14.1. The van der Waals surface area contributed by atoms with Crippen molar-refractivity contribution >= 4 is 11.6 Å². The molecule has 1 saturated heterocycles. The first-order valence-corrected chi connectivity index (χ1v) is 11.4. The first-order valence-electron chi connectivity index (χ1n) is 11.4. The van der Waals surface area contributed by atoms with Gasteiger partial charge in [0.15, 0.2) is 0 Å². The number of hydrogen-bond acceptors (Lipinski definition) is 4. The number of nitrogens with one attached hydrogen (secondary N) is 1. The Morgan fingerprint density at radius 2 is 1.86 bits per heavy atom. The molecule has 29 heavy (non-hydrogen) atoms. The van der Waals surface area contributed by atoms with E-state index in [9.17, 15) is 4.79 Å². The standard InChI is InChI=1S/C24H38N2O3/c1-20-9-7-16-26(19-20)17-8-18-29-22-12-10-21(11-13-22)25-23(27)24(28-2)14-5-3-4-6-15-24/h10-13,20H,3-9,14-19H2,1-2H3,(H,25,27)/t20-/m1/s1. The van der Waals surface area contributed by atoms with Gasteiger partial charge in [0.25, 0.3) is 5.91 Å². The van der Waals surface area contributed by atoms with Crippen LogP contribution in [-0.2, 0) is 9.53 Å². The van der Waals surface area contributed by atoms with Crippen molar-refractivity contribution in [2.75, 3.05) is 38.7 Å². The van der Waals surface area contributed by atoms with Gasteiger partial charge in [-0.1, -0.05) is 32.6 Å². The highest BCUT2D eigenvalue weighted by atomic mass is 16.5. The Balaban J connectivity index is 1.42. The van der Waals surface area contributed by atoms with Crippen molar-refractivity contribution in [1.29, 1.82) is 0 Å². The van der Waals surface area contributed by atoms with Gasteiger partial charge in [0.05, 0.1) is 6.61 Å². The van der Waals surface area contributed by atoms with E-state index in [-0.39, 0.29) is 5.91 Å². The predicted molar refractivity (Wildman–Crippen MR) is 117 cm³/mol. The molecule has 5 heteroatoms. The summed E-state index contributed by atoms with van der Waals surface area (Å²) in [4.78, 5) is 15.4. The van der Waals surface area contributed by atoms with Crippen LogP contribution in [0.3, 0.4) is 0 Å². The summed E-state index contributed by atoms with van der Waals surface area (Å²) < 4.78 is 11.6. The summed E-state index contributed by atoms with van der Waals surface area (Å²) in [5.74, 6) is 1.65. The molecule has 1 aliphatic carbocycles. The van der Waals surface area contributed by atoms with E-state index in [4.69, 9.17) is 9.47 Å². The third-order valence-corrected chi connectivity index (χ3v) is 6.46. The zero-order valence-electron chi connectivity index (χ0n) is 18.3. The van der Waals surface area contributed by atoms with Crippen LogP contribution >= 0.6 is 0 Å². The molecule has 0 spiro atoms. The molecular formula is C24H38N2O3. The normalized spacial score (nSPS) is 22.6. The summed E-state index contributed by atoms with van der Waals surface area (Å²) in [5, 5.41) is 3.05. The maximum atomic E-state index is 12.9. The van der Waals surface area contributed by atoms with Crippen LogP contribution in [0.25, 0.3) is 0 Å². The van der Waals surface area contributed by atoms with Crippen LogP contribution in [0.5, 0.6) is 5.75 Å². The van der Waals surface area contributed by atoms with Gasteiger partial charge < -0.3 is 19.7 Å². The van der Waals surface area contributed by atoms with Crippen LogP contribution in [0.15, 0.2) is 24.3 Å². The van der Waals surface area contributed by atoms with Gasteiger partial charge in [-0.2, -0.15) is 0 Å². The van der Waals surface area contributed by atoms with Gasteiger partial charge in [0, 0.05) is 25.9 Å². The maximum absolute atomic E-state index is 12.9. The lowest BCUT2D eigenvalue weighted by atomic mass is 9.93. The molecule has 2 aliphatic rings. The Kier molecular flexibility index (Phi) is 8.37. The molecule has 1 aromatic carbocycles. The van der Waals surface area contributed by atoms with E-state index in [1.54, 1.807) is 7.11 Å². The van der Waals surface area contributed by atoms with Crippen molar-refractivity contribution < 1.29 is 14.3 Å². The molecule has 1 amide bonds. The Labute approximate surface area is 176 Å². The number of nitrogens with zero attached hydrogens (tertiary/aromatic N) is 1. The zero-order valence-corrected chi connectivity index (χ0v) is 18.3. The topological polar surface area (TPSA) is 50.8 Å². The van der Waals surface area contributed by atoms with Gasteiger partial charge in [0.2, 0.25) is 0 Å². The molecule has 162 valence electrons. The maximum Gasteiger partial charge on any atom is 0.256 e. The quantitative estimate of drug-likeness (QED) is 0.498. The fourth-order valence-electron chi connectivity index (χ4n) is 4.67. The minimum Gasteiger partial charge on any atom is -0.494 e. The number of anilines is 1. The summed E-state index contributed by atoms with van der Waals surface area (Å²) in [6.45, 7) is 6.62. The molecule has 2 fully saturated rings. The average molecular weight is 403 g/mol. The van der Waals surface area contributed by atoms with Crippen molar-refractivity contribution in [3.63, 3.8) is 0 Å². The number of methoxy groups -OCH3 is 1. The van der Waals surface area contributed by atoms with Gasteiger partial charge in [-0.25, -0.2) is 0 Å². The summed E-state index contributed by atoms with van der Waals surface area (Å²) in [7, 11) is 1.66.